The zero-order valence-corrected chi connectivity index (χ0v) is 19.2. The van der Waals surface area contributed by atoms with Crippen molar-refractivity contribution < 1.29 is 56.3 Å². The number of phosphoric acid groups is 3. The fourth-order valence-corrected chi connectivity index (χ4v) is 7.30. The first-order chi connectivity index (χ1) is 13.8. The van der Waals surface area contributed by atoms with Crippen molar-refractivity contribution in [2.45, 2.75) is 30.2 Å². The average Bonchev–Trinajstić information content (AvgIpc) is 3.17. The van der Waals surface area contributed by atoms with Crippen LogP contribution in [0, 0.1) is 0 Å². The second-order valence-electron chi connectivity index (χ2n) is 6.20. The molecule has 3 rings (SSSR count). The summed E-state index contributed by atoms with van der Waals surface area (Å²) in [5.41, 5.74) is 1.01. The van der Waals surface area contributed by atoms with E-state index >= 15 is 0 Å². The number of thiophene rings is 1. The van der Waals surface area contributed by atoms with Crippen LogP contribution in [0.4, 0.5) is 0 Å². The van der Waals surface area contributed by atoms with Gasteiger partial charge in [0.25, 0.3) is 0 Å². The zero-order valence-electron chi connectivity index (χ0n) is 14.8. The molecule has 0 aromatic carbocycles. The molecule has 4 unspecified atom stereocenters. The minimum Gasteiger partial charge on any atom is -0.390 e. The van der Waals surface area contributed by atoms with Crippen LogP contribution >= 0.6 is 47.4 Å². The van der Waals surface area contributed by atoms with Crippen LogP contribution in [0.2, 0.25) is 0 Å². The Morgan fingerprint density at radius 2 is 1.90 bits per heavy atom. The number of nitrogens with zero attached hydrogens (tertiary/aromatic N) is 1. The molecule has 1 fully saturated rings. The van der Waals surface area contributed by atoms with Gasteiger partial charge < -0.3 is 34.3 Å². The van der Waals surface area contributed by atoms with Crippen LogP contribution in [0.3, 0.4) is 0 Å². The molecule has 2 aliphatic heterocycles. The van der Waals surface area contributed by atoms with E-state index in [4.69, 9.17) is 19.4 Å². The predicted octanol–water partition coefficient (Wildman–Crippen LogP) is 1.78. The molecule has 18 heteroatoms. The van der Waals surface area contributed by atoms with Crippen LogP contribution in [-0.2, 0) is 31.6 Å². The fourth-order valence-electron chi connectivity index (χ4n) is 2.83. The van der Waals surface area contributed by atoms with E-state index in [9.17, 15) is 23.7 Å². The van der Waals surface area contributed by atoms with E-state index in [0.717, 1.165) is 10.4 Å². The first kappa shape index (κ1) is 24.6. The molecule has 6 atom stereocenters. The molecule has 0 spiro atoms. The van der Waals surface area contributed by atoms with E-state index in [2.05, 4.69) is 25.8 Å². The Labute approximate surface area is 179 Å². The molecule has 0 amide bonds. The summed E-state index contributed by atoms with van der Waals surface area (Å²) in [6.45, 7) is -0.722. The Morgan fingerprint density at radius 3 is 2.57 bits per heavy atom. The average molecular weight is 525 g/mol. The summed E-state index contributed by atoms with van der Waals surface area (Å²) in [4.78, 5) is 38.4. The lowest BCUT2D eigenvalue weighted by Crippen LogP contribution is -2.34. The van der Waals surface area contributed by atoms with Crippen LogP contribution in [-0.4, -0.2) is 54.6 Å². The lowest BCUT2D eigenvalue weighted by Gasteiger charge is -2.34. The topological polar surface area (TPSA) is 193 Å². The second kappa shape index (κ2) is 9.05. The highest BCUT2D eigenvalue weighted by molar-refractivity contribution is 7.80. The number of thiol groups is 1. The Morgan fingerprint density at radius 1 is 1.20 bits per heavy atom. The normalized spacial score (nSPS) is 30.7. The third-order valence-corrected chi connectivity index (χ3v) is 9.51. The van der Waals surface area contributed by atoms with Crippen LogP contribution in [0.15, 0.2) is 17.6 Å². The number of ether oxygens (including phenoxy) is 1. The highest BCUT2D eigenvalue weighted by atomic mass is 32.1. The van der Waals surface area contributed by atoms with Crippen molar-refractivity contribution >= 4 is 53.5 Å². The molecule has 1 aromatic heterocycles. The minimum absolute atomic E-state index is 0.118. The van der Waals surface area contributed by atoms with Gasteiger partial charge in [-0.15, -0.1) is 24.0 Å². The summed E-state index contributed by atoms with van der Waals surface area (Å²) in [5.74, 6) is 0. The Kier molecular flexibility index (Phi) is 7.41. The lowest BCUT2D eigenvalue weighted by atomic mass is 10.1. The molecule has 1 saturated heterocycles. The van der Waals surface area contributed by atoms with Gasteiger partial charge in [-0.2, -0.15) is 8.62 Å². The predicted molar refractivity (Wildman–Crippen MR) is 106 cm³/mol. The molecule has 0 bridgehead atoms. The van der Waals surface area contributed by atoms with Crippen molar-refractivity contribution in [1.29, 1.82) is 0 Å². The van der Waals surface area contributed by atoms with Crippen molar-refractivity contribution in [2.75, 3.05) is 6.61 Å². The molecule has 2 aliphatic rings. The number of hydrogen-bond donors (Lipinski definition) is 6. The van der Waals surface area contributed by atoms with Gasteiger partial charge in [-0.1, -0.05) is 0 Å². The number of rotatable bonds is 8. The lowest BCUT2D eigenvalue weighted by molar-refractivity contribution is -0.0659. The molecule has 1 aromatic rings. The largest absolute Gasteiger partial charge is 0.490 e. The van der Waals surface area contributed by atoms with E-state index in [-0.39, 0.29) is 11.8 Å². The summed E-state index contributed by atoms with van der Waals surface area (Å²) < 4.78 is 51.2. The van der Waals surface area contributed by atoms with Gasteiger partial charge in [0.2, 0.25) is 0 Å². The molecular formula is C12H18NO12P3S2. The van der Waals surface area contributed by atoms with Gasteiger partial charge in [-0.05, 0) is 23.1 Å². The first-order valence-electron chi connectivity index (χ1n) is 8.09. The summed E-state index contributed by atoms with van der Waals surface area (Å²) >= 11 is 6.07. The molecule has 30 heavy (non-hydrogen) atoms. The molecule has 5 N–H and O–H groups in total. The van der Waals surface area contributed by atoms with E-state index in [0.29, 0.717) is 0 Å². The molecule has 0 aliphatic carbocycles. The number of fused-ring (bicyclic) bond motifs is 1. The molecule has 13 nitrogen and oxygen atoms in total. The number of aliphatic hydroxyl groups excluding tert-OH is 1. The monoisotopic (exact) mass is 525 g/mol. The summed E-state index contributed by atoms with van der Waals surface area (Å²) in [6.07, 6.45) is 0.873. The molecular weight excluding hydrogens is 507 g/mol. The Balaban J connectivity index is 1.57. The van der Waals surface area contributed by atoms with Gasteiger partial charge in [-0.25, -0.2) is 13.7 Å². The summed E-state index contributed by atoms with van der Waals surface area (Å²) in [5, 5.41) is 11.8. The second-order valence-corrected chi connectivity index (χ2v) is 12.1. The first-order valence-corrected chi connectivity index (χ1v) is 14.0. The highest BCUT2D eigenvalue weighted by Crippen LogP contribution is 2.66. The summed E-state index contributed by atoms with van der Waals surface area (Å²) in [6, 6.07) is 1.94. The molecule has 3 heterocycles. The SMILES string of the molecule is O=P(O)(O)OP(=O)(O)OP(=O)(O)OC[C@H]1O[C@@H](N2C=Cc3ccsc3C2S)CC1O. The number of hydrogen-bond acceptors (Lipinski definition) is 11. The van der Waals surface area contributed by atoms with Gasteiger partial charge in [0.05, 0.1) is 12.7 Å². The zero-order chi connectivity index (χ0) is 22.3. The van der Waals surface area contributed by atoms with Crippen molar-refractivity contribution in [3.05, 3.63) is 28.1 Å². The number of phosphoric ester groups is 1. The van der Waals surface area contributed by atoms with Crippen LogP contribution in [0.5, 0.6) is 0 Å². The maximum atomic E-state index is 11.8. The van der Waals surface area contributed by atoms with E-state index < -0.39 is 48.5 Å². The van der Waals surface area contributed by atoms with Gasteiger partial charge in [0, 0.05) is 17.5 Å². The van der Waals surface area contributed by atoms with Crippen molar-refractivity contribution in [3.8, 4) is 0 Å². The van der Waals surface area contributed by atoms with Gasteiger partial charge in [0.15, 0.2) is 0 Å². The Hall–Kier alpha value is -0.0800. The summed E-state index contributed by atoms with van der Waals surface area (Å²) in [7, 11) is -16.4. The quantitative estimate of drug-likeness (QED) is 0.213. The van der Waals surface area contributed by atoms with E-state index in [1.807, 2.05) is 17.5 Å². The van der Waals surface area contributed by atoms with Crippen molar-refractivity contribution in [1.82, 2.24) is 4.90 Å². The minimum atomic E-state index is -5.61. The van der Waals surface area contributed by atoms with Gasteiger partial charge in [0.1, 0.15) is 17.7 Å². The molecule has 170 valence electrons. The van der Waals surface area contributed by atoms with E-state index in [1.165, 1.54) is 11.3 Å². The highest BCUT2D eigenvalue weighted by Gasteiger charge is 2.44. The Bertz CT molecular complexity index is 949. The van der Waals surface area contributed by atoms with Crippen molar-refractivity contribution in [2.24, 2.45) is 0 Å². The van der Waals surface area contributed by atoms with Gasteiger partial charge in [-0.3, -0.25) is 4.52 Å². The maximum Gasteiger partial charge on any atom is 0.490 e. The fraction of sp³-hybridized carbons (Fsp3) is 0.500. The molecule has 0 saturated carbocycles. The van der Waals surface area contributed by atoms with E-state index in [1.54, 1.807) is 11.1 Å². The third-order valence-electron chi connectivity index (χ3n) is 4.02. The maximum absolute atomic E-state index is 11.8. The van der Waals surface area contributed by atoms with Crippen molar-refractivity contribution in [3.63, 3.8) is 0 Å². The third kappa shape index (κ3) is 6.25. The smallest absolute Gasteiger partial charge is 0.390 e. The standard InChI is InChI=1S/C12H18NO12P3S2/c14-8-5-10(13-3-1-7-2-4-30-11(7)12(13)29)23-9(8)6-22-27(18,19)25-28(20,21)24-26(15,16)17/h1-4,8-10,12,14,29H,5-6H2,(H,18,19)(H,20,21)(H2,15,16,17)/t8?,9-,10-,12?/m1/s1. The van der Waals surface area contributed by atoms with Crippen LogP contribution < -0.4 is 0 Å². The molecule has 0 radical (unpaired) electrons. The van der Waals surface area contributed by atoms with Crippen LogP contribution in [0.1, 0.15) is 22.2 Å². The van der Waals surface area contributed by atoms with Crippen LogP contribution in [0.25, 0.3) is 6.08 Å². The van der Waals surface area contributed by atoms with Gasteiger partial charge >= 0.3 is 23.5 Å². The number of aliphatic hydroxyl groups is 1.